The van der Waals surface area contributed by atoms with E-state index in [0.29, 0.717) is 6.04 Å². The lowest BCUT2D eigenvalue weighted by atomic mass is 9.91. The molecule has 3 N–H and O–H groups in total. The summed E-state index contributed by atoms with van der Waals surface area (Å²) in [5.41, 5.74) is 7.13. The van der Waals surface area contributed by atoms with Crippen LogP contribution in [0.5, 0.6) is 11.5 Å². The highest BCUT2D eigenvalue weighted by Gasteiger charge is 2.22. The molecule has 0 saturated heterocycles. The van der Waals surface area contributed by atoms with Crippen LogP contribution in [0.2, 0.25) is 0 Å². The summed E-state index contributed by atoms with van der Waals surface area (Å²) in [5, 5.41) is 3.50. The number of rotatable bonds is 4. The Labute approximate surface area is 108 Å². The first kappa shape index (κ1) is 13.0. The van der Waals surface area contributed by atoms with Gasteiger partial charge in [-0.15, -0.1) is 0 Å². The smallest absolute Gasteiger partial charge is 0.145 e. The van der Waals surface area contributed by atoms with Crippen LogP contribution in [0.3, 0.4) is 0 Å². The van der Waals surface area contributed by atoms with E-state index in [9.17, 15) is 0 Å². The third-order valence-corrected chi connectivity index (χ3v) is 3.57. The number of nitrogens with two attached hydrogens (primary N) is 1. The highest BCUT2D eigenvalue weighted by molar-refractivity contribution is 5.59. The largest absolute Gasteiger partial charge is 0.497 e. The first-order valence-electron chi connectivity index (χ1n) is 6.48. The van der Waals surface area contributed by atoms with Gasteiger partial charge < -0.3 is 20.5 Å². The van der Waals surface area contributed by atoms with Crippen molar-refractivity contribution in [1.82, 2.24) is 0 Å². The van der Waals surface area contributed by atoms with Crippen LogP contribution in [0, 0.1) is 0 Å². The maximum Gasteiger partial charge on any atom is 0.145 e. The van der Waals surface area contributed by atoms with Gasteiger partial charge in [-0.05, 0) is 25.0 Å². The molecular weight excluding hydrogens is 228 g/mol. The summed E-state index contributed by atoms with van der Waals surface area (Å²) < 4.78 is 10.6. The Morgan fingerprint density at radius 2 is 1.94 bits per heavy atom. The van der Waals surface area contributed by atoms with Gasteiger partial charge in [-0.25, -0.2) is 0 Å². The number of methoxy groups -OCH3 is 2. The summed E-state index contributed by atoms with van der Waals surface area (Å²) in [6, 6.07) is 6.36. The van der Waals surface area contributed by atoms with Crippen molar-refractivity contribution >= 4 is 5.69 Å². The van der Waals surface area contributed by atoms with E-state index >= 15 is 0 Å². The normalized spacial score (nSPS) is 23.5. The van der Waals surface area contributed by atoms with Gasteiger partial charge in [0.15, 0.2) is 0 Å². The van der Waals surface area contributed by atoms with Gasteiger partial charge in [0.25, 0.3) is 0 Å². The van der Waals surface area contributed by atoms with Crippen LogP contribution in [0.4, 0.5) is 5.69 Å². The molecule has 2 atom stereocenters. The van der Waals surface area contributed by atoms with E-state index < -0.39 is 0 Å². The topological polar surface area (TPSA) is 56.5 Å². The second-order valence-electron chi connectivity index (χ2n) is 4.77. The average molecular weight is 250 g/mol. The monoisotopic (exact) mass is 250 g/mol. The van der Waals surface area contributed by atoms with Crippen LogP contribution in [-0.4, -0.2) is 26.3 Å². The summed E-state index contributed by atoms with van der Waals surface area (Å²) in [7, 11) is 3.32. The molecule has 1 aromatic rings. The highest BCUT2D eigenvalue weighted by atomic mass is 16.5. The van der Waals surface area contributed by atoms with Crippen molar-refractivity contribution in [3.63, 3.8) is 0 Å². The second-order valence-corrected chi connectivity index (χ2v) is 4.77. The second kappa shape index (κ2) is 5.96. The van der Waals surface area contributed by atoms with Gasteiger partial charge in [-0.3, -0.25) is 0 Å². The van der Waals surface area contributed by atoms with E-state index in [1.54, 1.807) is 14.2 Å². The lowest BCUT2D eigenvalue weighted by molar-refractivity contribution is 0.388. The third kappa shape index (κ3) is 2.88. The molecule has 0 aromatic heterocycles. The minimum absolute atomic E-state index is 0.227. The zero-order valence-electron chi connectivity index (χ0n) is 11.1. The van der Waals surface area contributed by atoms with E-state index in [1.165, 1.54) is 12.8 Å². The zero-order valence-corrected chi connectivity index (χ0v) is 11.1. The van der Waals surface area contributed by atoms with Crippen molar-refractivity contribution in [3.05, 3.63) is 18.2 Å². The van der Waals surface area contributed by atoms with Gasteiger partial charge in [0.05, 0.1) is 19.9 Å². The molecule has 0 radical (unpaired) electrons. The van der Waals surface area contributed by atoms with Crippen LogP contribution in [0.15, 0.2) is 18.2 Å². The number of nitrogens with one attached hydrogen (secondary N) is 1. The first-order chi connectivity index (χ1) is 8.74. The standard InChI is InChI=1S/C14H22N2O2/c1-17-10-7-8-13(14(9-10)18-2)16-12-6-4-3-5-11(12)15/h7-9,11-12,16H,3-6,15H2,1-2H3/t11-,12+/m0/s1. The molecule has 1 fully saturated rings. The molecule has 4 nitrogen and oxygen atoms in total. The number of hydrogen-bond donors (Lipinski definition) is 2. The molecule has 100 valence electrons. The summed E-state index contributed by atoms with van der Waals surface area (Å²) in [6.07, 6.45) is 4.69. The lowest BCUT2D eigenvalue weighted by Crippen LogP contribution is -2.42. The quantitative estimate of drug-likeness (QED) is 0.861. The van der Waals surface area contributed by atoms with E-state index in [4.69, 9.17) is 15.2 Å². The van der Waals surface area contributed by atoms with Gasteiger partial charge in [0, 0.05) is 18.2 Å². The van der Waals surface area contributed by atoms with Crippen LogP contribution >= 0.6 is 0 Å². The predicted octanol–water partition coefficient (Wildman–Crippen LogP) is 2.39. The third-order valence-electron chi connectivity index (χ3n) is 3.57. The van der Waals surface area contributed by atoms with Crippen LogP contribution < -0.4 is 20.5 Å². The molecule has 18 heavy (non-hydrogen) atoms. The lowest BCUT2D eigenvalue weighted by Gasteiger charge is -2.30. The Morgan fingerprint density at radius 1 is 1.17 bits per heavy atom. The summed E-state index contributed by atoms with van der Waals surface area (Å²) in [4.78, 5) is 0. The SMILES string of the molecule is COc1ccc(N[C@@H]2CCCC[C@@H]2N)c(OC)c1. The van der Waals surface area contributed by atoms with Gasteiger partial charge in [0.2, 0.25) is 0 Å². The fraction of sp³-hybridized carbons (Fsp3) is 0.571. The van der Waals surface area contributed by atoms with Gasteiger partial charge in [0.1, 0.15) is 11.5 Å². The predicted molar refractivity (Wildman–Crippen MR) is 73.4 cm³/mol. The van der Waals surface area contributed by atoms with Crippen molar-refractivity contribution in [2.24, 2.45) is 5.73 Å². The minimum atomic E-state index is 0.227. The molecule has 4 heteroatoms. The molecule has 2 rings (SSSR count). The molecule has 1 saturated carbocycles. The molecule has 0 amide bonds. The molecular formula is C14H22N2O2. The summed E-state index contributed by atoms with van der Waals surface area (Å²) in [5.74, 6) is 1.59. The number of ether oxygens (including phenoxy) is 2. The van der Waals surface area contributed by atoms with Gasteiger partial charge in [-0.1, -0.05) is 12.8 Å². The van der Waals surface area contributed by atoms with Gasteiger partial charge in [-0.2, -0.15) is 0 Å². The van der Waals surface area contributed by atoms with E-state index in [-0.39, 0.29) is 6.04 Å². The van der Waals surface area contributed by atoms with Crippen molar-refractivity contribution < 1.29 is 9.47 Å². The molecule has 0 bridgehead atoms. The van der Waals surface area contributed by atoms with E-state index in [1.807, 2.05) is 18.2 Å². The molecule has 1 aliphatic carbocycles. The Morgan fingerprint density at radius 3 is 2.61 bits per heavy atom. The number of hydrogen-bond acceptors (Lipinski definition) is 4. The number of anilines is 1. The molecule has 1 aromatic carbocycles. The van der Waals surface area contributed by atoms with Crippen LogP contribution in [0.1, 0.15) is 25.7 Å². The Bertz CT molecular complexity index is 395. The Hall–Kier alpha value is -1.42. The van der Waals surface area contributed by atoms with Crippen LogP contribution in [-0.2, 0) is 0 Å². The van der Waals surface area contributed by atoms with Crippen molar-refractivity contribution in [2.45, 2.75) is 37.8 Å². The molecule has 0 spiro atoms. The molecule has 0 aliphatic heterocycles. The summed E-state index contributed by atoms with van der Waals surface area (Å²) >= 11 is 0. The molecule has 0 unspecified atom stereocenters. The Kier molecular flexibility index (Phi) is 4.31. The zero-order chi connectivity index (χ0) is 13.0. The van der Waals surface area contributed by atoms with Crippen molar-refractivity contribution in [3.8, 4) is 11.5 Å². The summed E-state index contributed by atoms with van der Waals surface area (Å²) in [6.45, 7) is 0. The van der Waals surface area contributed by atoms with E-state index in [2.05, 4.69) is 5.32 Å². The fourth-order valence-electron chi connectivity index (χ4n) is 2.46. The molecule has 0 heterocycles. The van der Waals surface area contributed by atoms with Gasteiger partial charge >= 0.3 is 0 Å². The van der Waals surface area contributed by atoms with Crippen LogP contribution in [0.25, 0.3) is 0 Å². The maximum absolute atomic E-state index is 6.15. The first-order valence-corrected chi connectivity index (χ1v) is 6.48. The number of benzene rings is 1. The molecule has 1 aliphatic rings. The van der Waals surface area contributed by atoms with Crippen molar-refractivity contribution in [2.75, 3.05) is 19.5 Å². The maximum atomic E-state index is 6.15. The van der Waals surface area contributed by atoms with E-state index in [0.717, 1.165) is 30.0 Å². The minimum Gasteiger partial charge on any atom is -0.497 e. The van der Waals surface area contributed by atoms with Crippen molar-refractivity contribution in [1.29, 1.82) is 0 Å². The highest BCUT2D eigenvalue weighted by Crippen LogP contribution is 2.31. The Balaban J connectivity index is 2.12. The fourth-order valence-corrected chi connectivity index (χ4v) is 2.46. The average Bonchev–Trinajstić information content (AvgIpc) is 2.41.